The van der Waals surface area contributed by atoms with Crippen LogP contribution in [0.5, 0.6) is 0 Å². The SMILES string of the molecule is CCN(CC(N)c1cccc(C(F)(F)F)c1)C(=O)O.Cl. The predicted molar refractivity (Wildman–Crippen MR) is 70.9 cm³/mol. The van der Waals surface area contributed by atoms with Crippen LogP contribution in [0.3, 0.4) is 0 Å². The van der Waals surface area contributed by atoms with Gasteiger partial charge >= 0.3 is 12.3 Å². The summed E-state index contributed by atoms with van der Waals surface area (Å²) in [5.41, 5.74) is 5.22. The van der Waals surface area contributed by atoms with Crippen LogP contribution < -0.4 is 5.73 Å². The van der Waals surface area contributed by atoms with Crippen molar-refractivity contribution in [3.63, 3.8) is 0 Å². The van der Waals surface area contributed by atoms with E-state index in [1.165, 1.54) is 12.1 Å². The first-order valence-electron chi connectivity index (χ1n) is 5.66. The number of rotatable bonds is 4. The number of benzene rings is 1. The number of likely N-dealkylation sites (N-methyl/N-ethyl adjacent to an activating group) is 1. The third-order valence-electron chi connectivity index (χ3n) is 2.71. The lowest BCUT2D eigenvalue weighted by molar-refractivity contribution is -0.137. The zero-order chi connectivity index (χ0) is 14.6. The van der Waals surface area contributed by atoms with Gasteiger partial charge in [0.2, 0.25) is 0 Å². The molecular weight excluding hydrogens is 297 g/mol. The third-order valence-corrected chi connectivity index (χ3v) is 2.71. The Morgan fingerprint density at radius 3 is 2.50 bits per heavy atom. The Balaban J connectivity index is 0.00000361. The van der Waals surface area contributed by atoms with Gasteiger partial charge in [-0.15, -0.1) is 12.4 Å². The molecular formula is C12H16ClF3N2O2. The molecule has 8 heteroatoms. The summed E-state index contributed by atoms with van der Waals surface area (Å²) in [6, 6.07) is 3.81. The van der Waals surface area contributed by atoms with Crippen molar-refractivity contribution in [1.82, 2.24) is 4.90 Å². The molecule has 0 saturated carbocycles. The molecule has 1 rings (SSSR count). The molecule has 0 fully saturated rings. The molecule has 1 aromatic rings. The fraction of sp³-hybridized carbons (Fsp3) is 0.417. The maximum atomic E-state index is 12.5. The van der Waals surface area contributed by atoms with Gasteiger partial charge in [-0.1, -0.05) is 12.1 Å². The first-order valence-corrected chi connectivity index (χ1v) is 5.66. The highest BCUT2D eigenvalue weighted by molar-refractivity contribution is 5.85. The highest BCUT2D eigenvalue weighted by atomic mass is 35.5. The van der Waals surface area contributed by atoms with E-state index >= 15 is 0 Å². The van der Waals surface area contributed by atoms with E-state index in [2.05, 4.69) is 0 Å². The van der Waals surface area contributed by atoms with Gasteiger partial charge in [0, 0.05) is 19.1 Å². The Morgan fingerprint density at radius 2 is 2.05 bits per heavy atom. The van der Waals surface area contributed by atoms with Crippen molar-refractivity contribution in [1.29, 1.82) is 0 Å². The molecule has 114 valence electrons. The maximum Gasteiger partial charge on any atom is 0.416 e. The van der Waals surface area contributed by atoms with Gasteiger partial charge < -0.3 is 15.7 Å². The number of hydrogen-bond acceptors (Lipinski definition) is 2. The van der Waals surface area contributed by atoms with Crippen LogP contribution in [0.2, 0.25) is 0 Å². The van der Waals surface area contributed by atoms with Crippen LogP contribution >= 0.6 is 12.4 Å². The van der Waals surface area contributed by atoms with E-state index in [4.69, 9.17) is 10.8 Å². The zero-order valence-corrected chi connectivity index (χ0v) is 11.5. The van der Waals surface area contributed by atoms with Gasteiger partial charge in [-0.05, 0) is 24.6 Å². The van der Waals surface area contributed by atoms with Crippen LogP contribution in [-0.4, -0.2) is 29.2 Å². The highest BCUT2D eigenvalue weighted by Gasteiger charge is 2.30. The van der Waals surface area contributed by atoms with E-state index in [0.717, 1.165) is 17.0 Å². The fourth-order valence-corrected chi connectivity index (χ4v) is 1.63. The number of amides is 1. The first-order chi connectivity index (χ1) is 8.75. The largest absolute Gasteiger partial charge is 0.465 e. The molecule has 1 unspecified atom stereocenters. The maximum absolute atomic E-state index is 12.5. The molecule has 0 aliphatic heterocycles. The standard InChI is InChI=1S/C12H15F3N2O2.ClH/c1-2-17(11(18)19)7-10(16)8-4-3-5-9(6-8)12(13,14)15;/h3-6,10H,2,7,16H2,1H3,(H,18,19);1H. The molecule has 0 saturated heterocycles. The van der Waals surface area contributed by atoms with Crippen LogP contribution in [0.1, 0.15) is 24.1 Å². The van der Waals surface area contributed by atoms with Gasteiger partial charge in [0.15, 0.2) is 0 Å². The average Bonchev–Trinajstić information content (AvgIpc) is 2.34. The van der Waals surface area contributed by atoms with Crippen molar-refractivity contribution in [2.45, 2.75) is 19.1 Å². The minimum atomic E-state index is -4.44. The number of nitrogens with zero attached hydrogens (tertiary/aromatic N) is 1. The molecule has 0 bridgehead atoms. The Bertz CT molecular complexity index is 455. The van der Waals surface area contributed by atoms with Gasteiger partial charge in [0.1, 0.15) is 0 Å². The summed E-state index contributed by atoms with van der Waals surface area (Å²) in [6.45, 7) is 1.81. The summed E-state index contributed by atoms with van der Waals surface area (Å²) in [4.78, 5) is 11.9. The number of carbonyl (C=O) groups is 1. The van der Waals surface area contributed by atoms with Crippen molar-refractivity contribution in [3.8, 4) is 0 Å². The molecule has 20 heavy (non-hydrogen) atoms. The Kier molecular flexibility index (Phi) is 6.81. The Labute approximate surface area is 120 Å². The Morgan fingerprint density at radius 1 is 1.45 bits per heavy atom. The summed E-state index contributed by atoms with van der Waals surface area (Å²) < 4.78 is 37.6. The molecule has 0 radical (unpaired) electrons. The molecule has 0 spiro atoms. The second kappa shape index (κ2) is 7.35. The summed E-state index contributed by atoms with van der Waals surface area (Å²) in [5, 5.41) is 8.84. The van der Waals surface area contributed by atoms with Crippen molar-refractivity contribution in [3.05, 3.63) is 35.4 Å². The molecule has 1 aromatic carbocycles. The lowest BCUT2D eigenvalue weighted by Crippen LogP contribution is -2.36. The summed E-state index contributed by atoms with van der Waals surface area (Å²) in [5.74, 6) is 0. The fourth-order valence-electron chi connectivity index (χ4n) is 1.63. The Hall–Kier alpha value is -1.47. The number of hydrogen-bond donors (Lipinski definition) is 2. The van der Waals surface area contributed by atoms with Crippen LogP contribution in [0.15, 0.2) is 24.3 Å². The summed E-state index contributed by atoms with van der Waals surface area (Å²) >= 11 is 0. The van der Waals surface area contributed by atoms with Crippen molar-refractivity contribution in [2.24, 2.45) is 5.73 Å². The molecule has 0 aliphatic rings. The summed E-state index contributed by atoms with van der Waals surface area (Å²) in [7, 11) is 0. The van der Waals surface area contributed by atoms with Crippen LogP contribution in [0, 0.1) is 0 Å². The predicted octanol–water partition coefficient (Wildman–Crippen LogP) is 3.13. The van der Waals surface area contributed by atoms with Gasteiger partial charge in [-0.3, -0.25) is 0 Å². The van der Waals surface area contributed by atoms with Crippen LogP contribution in [0.25, 0.3) is 0 Å². The third kappa shape index (κ3) is 4.90. The van der Waals surface area contributed by atoms with E-state index in [-0.39, 0.29) is 31.1 Å². The lowest BCUT2D eigenvalue weighted by Gasteiger charge is -2.22. The van der Waals surface area contributed by atoms with Crippen LogP contribution in [0.4, 0.5) is 18.0 Å². The molecule has 4 nitrogen and oxygen atoms in total. The minimum absolute atomic E-state index is 0. The number of halogens is 4. The zero-order valence-electron chi connectivity index (χ0n) is 10.7. The second-order valence-corrected chi connectivity index (χ2v) is 4.05. The smallest absolute Gasteiger partial charge is 0.416 e. The molecule has 1 amide bonds. The van der Waals surface area contributed by atoms with Crippen LogP contribution in [-0.2, 0) is 6.18 Å². The second-order valence-electron chi connectivity index (χ2n) is 4.05. The van der Waals surface area contributed by atoms with Crippen molar-refractivity contribution >= 4 is 18.5 Å². The topological polar surface area (TPSA) is 66.6 Å². The molecule has 0 aromatic heterocycles. The monoisotopic (exact) mass is 312 g/mol. The normalized spacial score (nSPS) is 12.4. The summed E-state index contributed by atoms with van der Waals surface area (Å²) in [6.07, 6.45) is -5.59. The van der Waals surface area contributed by atoms with Gasteiger partial charge in [0.25, 0.3) is 0 Å². The van der Waals surface area contributed by atoms with E-state index in [9.17, 15) is 18.0 Å². The van der Waals surface area contributed by atoms with Gasteiger partial charge in [0.05, 0.1) is 5.56 Å². The first kappa shape index (κ1) is 18.5. The van der Waals surface area contributed by atoms with Gasteiger partial charge in [-0.2, -0.15) is 13.2 Å². The van der Waals surface area contributed by atoms with E-state index in [1.54, 1.807) is 6.92 Å². The lowest BCUT2D eigenvalue weighted by atomic mass is 10.0. The highest BCUT2D eigenvalue weighted by Crippen LogP contribution is 2.30. The average molecular weight is 313 g/mol. The van der Waals surface area contributed by atoms with E-state index in [0.29, 0.717) is 0 Å². The van der Waals surface area contributed by atoms with E-state index < -0.39 is 23.9 Å². The molecule has 0 heterocycles. The quantitative estimate of drug-likeness (QED) is 0.897. The molecule has 0 aliphatic carbocycles. The van der Waals surface area contributed by atoms with Crippen molar-refractivity contribution in [2.75, 3.05) is 13.1 Å². The number of carboxylic acid groups (broad SMARTS) is 1. The van der Waals surface area contributed by atoms with Crippen molar-refractivity contribution < 1.29 is 23.1 Å². The molecule has 1 atom stereocenters. The van der Waals surface area contributed by atoms with Gasteiger partial charge in [-0.25, -0.2) is 4.79 Å². The minimum Gasteiger partial charge on any atom is -0.465 e. The number of nitrogens with two attached hydrogens (primary N) is 1. The number of alkyl halides is 3. The molecule has 3 N–H and O–H groups in total. The van der Waals surface area contributed by atoms with E-state index in [1.807, 2.05) is 0 Å².